The maximum Gasteiger partial charge on any atom is 0.229 e. The highest BCUT2D eigenvalue weighted by Gasteiger charge is 2.18. The van der Waals surface area contributed by atoms with Crippen molar-refractivity contribution >= 4 is 34.9 Å². The number of nitrogens with zero attached hydrogens (tertiary/aromatic N) is 2. The van der Waals surface area contributed by atoms with Crippen LogP contribution < -0.4 is 14.8 Å². The van der Waals surface area contributed by atoms with Crippen LogP contribution in [-0.2, 0) is 17.8 Å². The SMILES string of the molecule is O=C(Cc1cc(Cl)c2c(c1)OCCO2)Nc1ccnn1Cc1ccccc1Cl. The summed E-state index contributed by atoms with van der Waals surface area (Å²) in [5.41, 5.74) is 1.66. The van der Waals surface area contributed by atoms with Gasteiger partial charge in [-0.1, -0.05) is 41.4 Å². The number of carbonyl (C=O) groups excluding carboxylic acids is 1. The minimum atomic E-state index is -0.186. The Labute approximate surface area is 172 Å². The van der Waals surface area contributed by atoms with E-state index in [9.17, 15) is 4.79 Å². The van der Waals surface area contributed by atoms with E-state index in [-0.39, 0.29) is 12.3 Å². The largest absolute Gasteiger partial charge is 0.486 e. The molecule has 6 nitrogen and oxygen atoms in total. The van der Waals surface area contributed by atoms with E-state index in [1.54, 1.807) is 29.1 Å². The van der Waals surface area contributed by atoms with Crippen LogP contribution in [0.15, 0.2) is 48.7 Å². The Hall–Kier alpha value is -2.70. The Bertz CT molecular complexity index is 1020. The minimum absolute atomic E-state index is 0.146. The van der Waals surface area contributed by atoms with E-state index in [2.05, 4.69) is 10.4 Å². The van der Waals surface area contributed by atoms with Gasteiger partial charge in [0, 0.05) is 11.1 Å². The van der Waals surface area contributed by atoms with Crippen molar-refractivity contribution in [1.29, 1.82) is 0 Å². The normalized spacial score (nSPS) is 12.6. The summed E-state index contributed by atoms with van der Waals surface area (Å²) in [4.78, 5) is 12.5. The first-order valence-corrected chi connectivity index (χ1v) is 9.49. The second kappa shape index (κ2) is 8.12. The minimum Gasteiger partial charge on any atom is -0.486 e. The number of halogens is 2. The van der Waals surface area contributed by atoms with Crippen LogP contribution in [0.3, 0.4) is 0 Å². The van der Waals surface area contributed by atoms with E-state index in [4.69, 9.17) is 32.7 Å². The third-order valence-corrected chi connectivity index (χ3v) is 4.93. The molecule has 28 heavy (non-hydrogen) atoms. The van der Waals surface area contributed by atoms with Crippen LogP contribution in [0.5, 0.6) is 11.5 Å². The summed E-state index contributed by atoms with van der Waals surface area (Å²) in [5.74, 6) is 1.49. The number of hydrogen-bond donors (Lipinski definition) is 1. The van der Waals surface area contributed by atoms with Gasteiger partial charge in [0.15, 0.2) is 11.5 Å². The number of rotatable bonds is 5. The van der Waals surface area contributed by atoms with Gasteiger partial charge in [-0.3, -0.25) is 4.79 Å². The van der Waals surface area contributed by atoms with Gasteiger partial charge in [-0.2, -0.15) is 5.10 Å². The van der Waals surface area contributed by atoms with Gasteiger partial charge in [-0.15, -0.1) is 0 Å². The van der Waals surface area contributed by atoms with Crippen LogP contribution >= 0.6 is 23.2 Å². The van der Waals surface area contributed by atoms with Gasteiger partial charge in [0.2, 0.25) is 5.91 Å². The third-order valence-electron chi connectivity index (χ3n) is 4.28. The van der Waals surface area contributed by atoms with Gasteiger partial charge in [-0.25, -0.2) is 4.68 Å². The molecule has 0 aliphatic carbocycles. The van der Waals surface area contributed by atoms with Crippen molar-refractivity contribution in [2.75, 3.05) is 18.5 Å². The standard InChI is InChI=1S/C20H17Cl2N3O3/c21-15-4-2-1-3-14(15)12-25-18(5-6-23-25)24-19(26)11-13-9-16(22)20-17(10-13)27-7-8-28-20/h1-6,9-10H,7-8,11-12H2,(H,24,26). The van der Waals surface area contributed by atoms with E-state index in [0.29, 0.717) is 47.1 Å². The van der Waals surface area contributed by atoms with Crippen molar-refractivity contribution in [3.05, 3.63) is 69.8 Å². The van der Waals surface area contributed by atoms with Crippen LogP contribution in [-0.4, -0.2) is 28.9 Å². The summed E-state index contributed by atoms with van der Waals surface area (Å²) in [7, 11) is 0. The van der Waals surface area contributed by atoms with Crippen molar-refractivity contribution in [3.8, 4) is 11.5 Å². The van der Waals surface area contributed by atoms with Crippen molar-refractivity contribution in [3.63, 3.8) is 0 Å². The lowest BCUT2D eigenvalue weighted by Crippen LogP contribution is -2.19. The number of benzene rings is 2. The fourth-order valence-electron chi connectivity index (χ4n) is 2.99. The highest BCUT2D eigenvalue weighted by molar-refractivity contribution is 6.32. The number of aromatic nitrogens is 2. The Morgan fingerprint density at radius 1 is 1.11 bits per heavy atom. The second-order valence-electron chi connectivity index (χ2n) is 6.29. The highest BCUT2D eigenvalue weighted by atomic mass is 35.5. The zero-order chi connectivity index (χ0) is 19.5. The molecule has 1 aliphatic heterocycles. The number of hydrogen-bond acceptors (Lipinski definition) is 4. The predicted octanol–water partition coefficient (Wildman–Crippen LogP) is 4.19. The number of anilines is 1. The molecule has 1 N–H and O–H groups in total. The van der Waals surface area contributed by atoms with E-state index < -0.39 is 0 Å². The molecular formula is C20H17Cl2N3O3. The van der Waals surface area contributed by atoms with Gasteiger partial charge < -0.3 is 14.8 Å². The maximum absolute atomic E-state index is 12.5. The first-order chi connectivity index (χ1) is 13.6. The van der Waals surface area contributed by atoms with Gasteiger partial charge in [-0.05, 0) is 29.3 Å². The van der Waals surface area contributed by atoms with Gasteiger partial charge in [0.05, 0.1) is 24.2 Å². The molecule has 3 aromatic rings. The smallest absolute Gasteiger partial charge is 0.229 e. The fraction of sp³-hybridized carbons (Fsp3) is 0.200. The van der Waals surface area contributed by atoms with Crippen LogP contribution in [0.2, 0.25) is 10.0 Å². The van der Waals surface area contributed by atoms with E-state index >= 15 is 0 Å². The Morgan fingerprint density at radius 3 is 2.79 bits per heavy atom. The molecule has 0 atom stereocenters. The van der Waals surface area contributed by atoms with Crippen LogP contribution in [0.25, 0.3) is 0 Å². The molecule has 0 fully saturated rings. The topological polar surface area (TPSA) is 65.4 Å². The molecule has 0 radical (unpaired) electrons. The Kier molecular flexibility index (Phi) is 5.41. The molecule has 0 unspecified atom stereocenters. The lowest BCUT2D eigenvalue weighted by atomic mass is 10.1. The average Bonchev–Trinajstić information content (AvgIpc) is 3.10. The van der Waals surface area contributed by atoms with Crippen molar-refractivity contribution < 1.29 is 14.3 Å². The van der Waals surface area contributed by atoms with Crippen molar-refractivity contribution in [1.82, 2.24) is 9.78 Å². The molecule has 1 aliphatic rings. The summed E-state index contributed by atoms with van der Waals surface area (Å²) >= 11 is 12.5. The van der Waals surface area contributed by atoms with Crippen molar-refractivity contribution in [2.24, 2.45) is 0 Å². The molecule has 0 saturated carbocycles. The number of fused-ring (bicyclic) bond motifs is 1. The van der Waals surface area contributed by atoms with Gasteiger partial charge >= 0.3 is 0 Å². The van der Waals surface area contributed by atoms with E-state index in [0.717, 1.165) is 11.1 Å². The maximum atomic E-state index is 12.5. The van der Waals surface area contributed by atoms with Crippen LogP contribution in [0, 0.1) is 0 Å². The number of nitrogens with one attached hydrogen (secondary N) is 1. The molecule has 1 amide bonds. The highest BCUT2D eigenvalue weighted by Crippen LogP contribution is 2.38. The average molecular weight is 418 g/mol. The summed E-state index contributed by atoms with van der Waals surface area (Å²) in [6, 6.07) is 12.8. The summed E-state index contributed by atoms with van der Waals surface area (Å²) in [5, 5.41) is 8.24. The third kappa shape index (κ3) is 4.08. The number of carbonyl (C=O) groups is 1. The fourth-order valence-corrected chi connectivity index (χ4v) is 3.47. The first-order valence-electron chi connectivity index (χ1n) is 8.73. The lowest BCUT2D eigenvalue weighted by Gasteiger charge is -2.20. The zero-order valence-electron chi connectivity index (χ0n) is 14.8. The molecule has 1 aromatic heterocycles. The molecule has 0 bridgehead atoms. The van der Waals surface area contributed by atoms with E-state index in [1.807, 2.05) is 24.3 Å². The molecule has 0 spiro atoms. The van der Waals surface area contributed by atoms with Gasteiger partial charge in [0.25, 0.3) is 0 Å². The Morgan fingerprint density at radius 2 is 1.93 bits per heavy atom. The molecule has 8 heteroatoms. The summed E-state index contributed by atoms with van der Waals surface area (Å²) in [6.07, 6.45) is 1.78. The van der Waals surface area contributed by atoms with Crippen molar-refractivity contribution in [2.45, 2.75) is 13.0 Å². The second-order valence-corrected chi connectivity index (χ2v) is 7.11. The van der Waals surface area contributed by atoms with Crippen LogP contribution in [0.1, 0.15) is 11.1 Å². The summed E-state index contributed by atoms with van der Waals surface area (Å²) < 4.78 is 12.8. The monoisotopic (exact) mass is 417 g/mol. The predicted molar refractivity (Wildman–Crippen MR) is 108 cm³/mol. The van der Waals surface area contributed by atoms with E-state index in [1.165, 1.54) is 0 Å². The molecule has 2 aromatic carbocycles. The lowest BCUT2D eigenvalue weighted by molar-refractivity contribution is -0.115. The molecule has 2 heterocycles. The first kappa shape index (κ1) is 18.7. The molecular weight excluding hydrogens is 401 g/mol. The Balaban J connectivity index is 1.46. The quantitative estimate of drug-likeness (QED) is 0.675. The summed E-state index contributed by atoms with van der Waals surface area (Å²) in [6.45, 7) is 1.38. The molecule has 4 rings (SSSR count). The van der Waals surface area contributed by atoms with Crippen LogP contribution in [0.4, 0.5) is 5.82 Å². The number of ether oxygens (including phenoxy) is 2. The molecule has 0 saturated heterocycles. The number of amides is 1. The zero-order valence-corrected chi connectivity index (χ0v) is 16.3. The molecule has 144 valence electrons. The van der Waals surface area contributed by atoms with Gasteiger partial charge in [0.1, 0.15) is 19.0 Å².